The average Bonchev–Trinajstić information content (AvgIpc) is 3.49. The maximum atomic E-state index is 13.1. The number of piperazine rings is 1. The van der Waals surface area contributed by atoms with Crippen LogP contribution in [-0.4, -0.2) is 64.1 Å². The van der Waals surface area contributed by atoms with Crippen LogP contribution in [0.15, 0.2) is 60.7 Å². The summed E-state index contributed by atoms with van der Waals surface area (Å²) in [7, 11) is 1.63. The van der Waals surface area contributed by atoms with Crippen LogP contribution in [0, 0.1) is 13.8 Å². The van der Waals surface area contributed by atoms with E-state index in [4.69, 9.17) is 9.84 Å². The third kappa shape index (κ3) is 4.03. The number of nitrogens with one attached hydrogen (secondary N) is 1. The second kappa shape index (κ2) is 9.05. The van der Waals surface area contributed by atoms with Gasteiger partial charge in [-0.25, -0.2) is 4.68 Å². The van der Waals surface area contributed by atoms with E-state index in [0.29, 0.717) is 18.8 Å². The number of hydrogen-bond donors (Lipinski definition) is 1. The van der Waals surface area contributed by atoms with Crippen LogP contribution in [0.3, 0.4) is 0 Å². The van der Waals surface area contributed by atoms with Crippen LogP contribution in [-0.2, 0) is 0 Å². The van der Waals surface area contributed by atoms with Gasteiger partial charge >= 0.3 is 0 Å². The van der Waals surface area contributed by atoms with Gasteiger partial charge in [-0.3, -0.25) is 9.89 Å². The molecule has 0 spiro atoms. The third-order valence-electron chi connectivity index (χ3n) is 6.31. The van der Waals surface area contributed by atoms with E-state index in [2.05, 4.69) is 34.2 Å². The first-order chi connectivity index (χ1) is 16.5. The lowest BCUT2D eigenvalue weighted by atomic mass is 10.1. The predicted molar refractivity (Wildman–Crippen MR) is 132 cm³/mol. The first-order valence-corrected chi connectivity index (χ1v) is 11.4. The van der Waals surface area contributed by atoms with Crippen LogP contribution in [0.5, 0.6) is 5.75 Å². The number of H-pyrrole nitrogens is 1. The van der Waals surface area contributed by atoms with Gasteiger partial charge in [0.25, 0.3) is 5.91 Å². The van der Waals surface area contributed by atoms with Crippen molar-refractivity contribution in [3.05, 3.63) is 77.7 Å². The highest BCUT2D eigenvalue weighted by atomic mass is 16.5. The first-order valence-electron chi connectivity index (χ1n) is 11.4. The normalized spacial score (nSPS) is 13.9. The SMILES string of the molecule is COc1cccc(-c2cc(C(=O)N3CCN(c4c(C)nn(-c5ccccc5)c4C)CC3)[nH]n2)c1. The van der Waals surface area contributed by atoms with Crippen LogP contribution in [0.25, 0.3) is 16.9 Å². The van der Waals surface area contributed by atoms with Crippen LogP contribution >= 0.6 is 0 Å². The van der Waals surface area contributed by atoms with Crippen molar-refractivity contribution in [2.45, 2.75) is 13.8 Å². The summed E-state index contributed by atoms with van der Waals surface area (Å²) in [6.45, 7) is 6.94. The lowest BCUT2D eigenvalue weighted by Gasteiger charge is -2.36. The smallest absolute Gasteiger partial charge is 0.272 e. The van der Waals surface area contributed by atoms with E-state index in [1.54, 1.807) is 7.11 Å². The van der Waals surface area contributed by atoms with Crippen molar-refractivity contribution in [3.63, 3.8) is 0 Å². The number of nitrogens with zero attached hydrogens (tertiary/aromatic N) is 5. The second-order valence-electron chi connectivity index (χ2n) is 8.44. The molecule has 2 aromatic carbocycles. The van der Waals surface area contributed by atoms with Gasteiger partial charge in [-0.05, 0) is 44.2 Å². The molecule has 0 atom stereocenters. The monoisotopic (exact) mass is 456 g/mol. The van der Waals surface area contributed by atoms with E-state index in [9.17, 15) is 4.79 Å². The number of ether oxygens (including phenoxy) is 1. The third-order valence-corrected chi connectivity index (χ3v) is 6.31. The molecule has 0 bridgehead atoms. The van der Waals surface area contributed by atoms with Crippen molar-refractivity contribution in [2.75, 3.05) is 38.2 Å². The highest BCUT2D eigenvalue weighted by Crippen LogP contribution is 2.28. The number of methoxy groups -OCH3 is 1. The van der Waals surface area contributed by atoms with Gasteiger partial charge in [-0.1, -0.05) is 30.3 Å². The molecule has 0 unspecified atom stereocenters. The molecule has 0 saturated carbocycles. The zero-order valence-corrected chi connectivity index (χ0v) is 19.7. The fourth-order valence-corrected chi connectivity index (χ4v) is 4.58. The summed E-state index contributed by atoms with van der Waals surface area (Å²) in [4.78, 5) is 17.3. The van der Waals surface area contributed by atoms with E-state index < -0.39 is 0 Å². The zero-order valence-electron chi connectivity index (χ0n) is 19.7. The Morgan fingerprint density at radius 2 is 1.74 bits per heavy atom. The van der Waals surface area contributed by atoms with Crippen LogP contribution < -0.4 is 9.64 Å². The maximum Gasteiger partial charge on any atom is 0.272 e. The lowest BCUT2D eigenvalue weighted by Crippen LogP contribution is -2.49. The highest BCUT2D eigenvalue weighted by Gasteiger charge is 2.27. The molecule has 3 heterocycles. The number of anilines is 1. The van der Waals surface area contributed by atoms with Gasteiger partial charge in [0.1, 0.15) is 11.4 Å². The van der Waals surface area contributed by atoms with Crippen LogP contribution in [0.1, 0.15) is 21.9 Å². The van der Waals surface area contributed by atoms with Gasteiger partial charge in [-0.2, -0.15) is 10.2 Å². The van der Waals surface area contributed by atoms with E-state index in [1.807, 2.05) is 65.0 Å². The number of aromatic amines is 1. The Hall–Kier alpha value is -4.07. The molecule has 2 aromatic heterocycles. The highest BCUT2D eigenvalue weighted by molar-refractivity contribution is 5.93. The molecule has 4 aromatic rings. The maximum absolute atomic E-state index is 13.1. The quantitative estimate of drug-likeness (QED) is 0.494. The molecule has 1 amide bonds. The van der Waals surface area contributed by atoms with Crippen molar-refractivity contribution in [1.29, 1.82) is 0 Å². The van der Waals surface area contributed by atoms with E-state index >= 15 is 0 Å². The number of amides is 1. The largest absolute Gasteiger partial charge is 0.497 e. The minimum atomic E-state index is -0.0327. The van der Waals surface area contributed by atoms with E-state index in [-0.39, 0.29) is 5.91 Å². The Kier molecular flexibility index (Phi) is 5.79. The van der Waals surface area contributed by atoms with Gasteiger partial charge in [0, 0.05) is 31.7 Å². The molecule has 1 aliphatic rings. The van der Waals surface area contributed by atoms with Gasteiger partial charge in [0.15, 0.2) is 0 Å². The summed E-state index contributed by atoms with van der Waals surface area (Å²) in [6.07, 6.45) is 0. The minimum Gasteiger partial charge on any atom is -0.497 e. The topological polar surface area (TPSA) is 79.3 Å². The van der Waals surface area contributed by atoms with Gasteiger partial charge in [0.05, 0.1) is 35.6 Å². The van der Waals surface area contributed by atoms with E-state index in [1.165, 1.54) is 0 Å². The van der Waals surface area contributed by atoms with Gasteiger partial charge in [0.2, 0.25) is 0 Å². The number of para-hydroxylation sites is 1. The van der Waals surface area contributed by atoms with Gasteiger partial charge < -0.3 is 14.5 Å². The summed E-state index contributed by atoms with van der Waals surface area (Å²) in [6, 6.07) is 19.6. The summed E-state index contributed by atoms with van der Waals surface area (Å²) < 4.78 is 7.28. The number of benzene rings is 2. The minimum absolute atomic E-state index is 0.0327. The number of rotatable bonds is 5. The number of aromatic nitrogens is 4. The molecule has 5 rings (SSSR count). The molecule has 1 saturated heterocycles. The molecule has 1 aliphatic heterocycles. The Labute approximate surface area is 198 Å². The standard InChI is InChI=1S/C26H28N6O2/c1-18-25(19(2)32(29-18)21-9-5-4-6-10-21)30-12-14-31(15-13-30)26(33)24-17-23(27-28-24)20-8-7-11-22(16-20)34-3/h4-11,16-17H,12-15H2,1-3H3,(H,27,28). The molecular weight excluding hydrogens is 428 g/mol. The molecule has 8 nitrogen and oxygen atoms in total. The molecule has 34 heavy (non-hydrogen) atoms. The Balaban J connectivity index is 1.28. The van der Waals surface area contributed by atoms with Crippen LogP contribution in [0.4, 0.5) is 5.69 Å². The van der Waals surface area contributed by atoms with Gasteiger partial charge in [-0.15, -0.1) is 0 Å². The van der Waals surface area contributed by atoms with E-state index in [0.717, 1.165) is 52.9 Å². The Morgan fingerprint density at radius 3 is 2.47 bits per heavy atom. The van der Waals surface area contributed by atoms with Crippen molar-refractivity contribution >= 4 is 11.6 Å². The number of aryl methyl sites for hydroxylation is 1. The zero-order chi connectivity index (χ0) is 23.7. The lowest BCUT2D eigenvalue weighted by molar-refractivity contribution is 0.0741. The number of carbonyl (C=O) groups is 1. The fraction of sp³-hybridized carbons (Fsp3) is 0.269. The predicted octanol–water partition coefficient (Wildman–Crippen LogP) is 3.85. The molecular formula is C26H28N6O2. The summed E-state index contributed by atoms with van der Waals surface area (Å²) in [5.74, 6) is 0.723. The first kappa shape index (κ1) is 21.8. The summed E-state index contributed by atoms with van der Waals surface area (Å²) in [5, 5.41) is 12.0. The molecule has 8 heteroatoms. The van der Waals surface area contributed by atoms with Crippen molar-refractivity contribution in [2.24, 2.45) is 0 Å². The molecule has 1 N–H and O–H groups in total. The molecule has 174 valence electrons. The Bertz CT molecular complexity index is 1300. The summed E-state index contributed by atoms with van der Waals surface area (Å²) in [5.41, 5.74) is 6.43. The number of carbonyl (C=O) groups excluding carboxylic acids is 1. The fourth-order valence-electron chi connectivity index (χ4n) is 4.58. The van der Waals surface area contributed by atoms with Crippen molar-refractivity contribution < 1.29 is 9.53 Å². The second-order valence-corrected chi connectivity index (χ2v) is 8.44. The average molecular weight is 457 g/mol. The number of hydrogen-bond acceptors (Lipinski definition) is 5. The molecule has 0 radical (unpaired) electrons. The van der Waals surface area contributed by atoms with Crippen LogP contribution in [0.2, 0.25) is 0 Å². The Morgan fingerprint density at radius 1 is 0.971 bits per heavy atom. The molecule has 0 aliphatic carbocycles. The van der Waals surface area contributed by atoms with Crippen molar-refractivity contribution in [1.82, 2.24) is 24.9 Å². The van der Waals surface area contributed by atoms with Crippen molar-refractivity contribution in [3.8, 4) is 22.7 Å². The summed E-state index contributed by atoms with van der Waals surface area (Å²) >= 11 is 0. The molecule has 1 fully saturated rings.